The lowest BCUT2D eigenvalue weighted by Gasteiger charge is -2.39. The normalized spacial score (nSPS) is 28.5. The molecule has 1 aromatic rings. The molecule has 2 atom stereocenters. The number of carbonyl (C=O) groups is 1. The van der Waals surface area contributed by atoms with E-state index in [2.05, 4.69) is 27.9 Å². The first kappa shape index (κ1) is 25.5. The molecule has 1 heterocycles. The third-order valence-electron chi connectivity index (χ3n) is 8.75. The summed E-state index contributed by atoms with van der Waals surface area (Å²) in [5, 5.41) is 3.43. The summed E-state index contributed by atoms with van der Waals surface area (Å²) < 4.78 is 26.0. The molecule has 34 heavy (non-hydrogen) atoms. The highest BCUT2D eigenvalue weighted by molar-refractivity contribution is 7.92. The fourth-order valence-electron chi connectivity index (χ4n) is 6.95. The summed E-state index contributed by atoms with van der Waals surface area (Å²) in [6, 6.07) is 8.01. The summed E-state index contributed by atoms with van der Waals surface area (Å²) in [6.07, 6.45) is 10.5. The van der Waals surface area contributed by atoms with Crippen LogP contribution in [-0.2, 0) is 20.2 Å². The Morgan fingerprint density at radius 3 is 2.41 bits per heavy atom. The van der Waals surface area contributed by atoms with E-state index in [0.717, 1.165) is 51.7 Å². The molecule has 190 valence electrons. The molecule has 0 aromatic heterocycles. The number of hydrogen-bond donors (Lipinski definition) is 2. The highest BCUT2D eigenvalue weighted by atomic mass is 32.2. The van der Waals surface area contributed by atoms with Crippen LogP contribution in [0.1, 0.15) is 77.7 Å². The number of nitrogens with zero attached hydrogens (tertiary/aromatic N) is 1. The number of piperidine rings is 1. The van der Waals surface area contributed by atoms with E-state index in [1.165, 1.54) is 31.1 Å². The van der Waals surface area contributed by atoms with Crippen LogP contribution in [-0.4, -0.2) is 50.7 Å². The fourth-order valence-corrected chi connectivity index (χ4v) is 7.51. The van der Waals surface area contributed by atoms with Gasteiger partial charge < -0.3 is 10.2 Å². The van der Waals surface area contributed by atoms with E-state index >= 15 is 0 Å². The van der Waals surface area contributed by atoms with Gasteiger partial charge in [-0.15, -0.1) is 0 Å². The number of carbonyl (C=O) groups excluding carboxylic acids is 1. The quantitative estimate of drug-likeness (QED) is 0.506. The summed E-state index contributed by atoms with van der Waals surface area (Å²) in [5.74, 6) is 1.54. The summed E-state index contributed by atoms with van der Waals surface area (Å²) in [4.78, 5) is 15.1. The summed E-state index contributed by atoms with van der Waals surface area (Å²) in [5.41, 5.74) is 2.12. The number of benzene rings is 1. The van der Waals surface area contributed by atoms with Crippen molar-refractivity contribution in [3.05, 3.63) is 29.8 Å². The van der Waals surface area contributed by atoms with Crippen molar-refractivity contribution < 1.29 is 13.2 Å². The third kappa shape index (κ3) is 5.30. The maximum Gasteiger partial charge on any atom is 0.229 e. The van der Waals surface area contributed by atoms with E-state index < -0.39 is 10.0 Å². The van der Waals surface area contributed by atoms with Gasteiger partial charge in [-0.3, -0.25) is 9.52 Å². The Hall–Kier alpha value is -1.60. The number of hydrogen-bond acceptors (Lipinski definition) is 4. The van der Waals surface area contributed by atoms with E-state index in [4.69, 9.17) is 0 Å². The maximum atomic E-state index is 12.5. The van der Waals surface area contributed by atoms with E-state index in [1.807, 2.05) is 32.0 Å². The van der Waals surface area contributed by atoms with Crippen LogP contribution in [0.15, 0.2) is 24.3 Å². The van der Waals surface area contributed by atoms with Gasteiger partial charge in [0.2, 0.25) is 15.9 Å². The largest absolute Gasteiger partial charge is 0.350 e. The van der Waals surface area contributed by atoms with Crippen LogP contribution in [0.3, 0.4) is 0 Å². The number of likely N-dealkylation sites (tertiary alicyclic amines) is 1. The van der Waals surface area contributed by atoms with Crippen molar-refractivity contribution in [3.63, 3.8) is 0 Å². The highest BCUT2D eigenvalue weighted by Crippen LogP contribution is 2.65. The van der Waals surface area contributed by atoms with Crippen LogP contribution in [0.4, 0.5) is 5.69 Å². The molecular formula is C27H43N3O3S. The number of rotatable bonds is 10. The van der Waals surface area contributed by atoms with Gasteiger partial charge in [-0.1, -0.05) is 52.2 Å². The van der Waals surface area contributed by atoms with Crippen molar-refractivity contribution in [2.75, 3.05) is 30.6 Å². The van der Waals surface area contributed by atoms with Crippen LogP contribution in [0.2, 0.25) is 0 Å². The standard InChI is InChI=1S/C27H43N3O3S/c1-5-27(21-11-9-12-22(17-21)29-34(4,32)33)23-18-30(19-24(23)27)16-10-15-26(13-7-6-8-14-26)28-25(31)20(2)3/h9,11-12,17,20,23-24,29H,5-8,10,13-16,18-19H2,1-4H3,(H,28,31). The number of sulfonamides is 1. The van der Waals surface area contributed by atoms with Crippen LogP contribution < -0.4 is 10.0 Å². The van der Waals surface area contributed by atoms with Gasteiger partial charge in [0.25, 0.3) is 0 Å². The molecule has 2 N–H and O–H groups in total. The first-order valence-electron chi connectivity index (χ1n) is 13.2. The number of anilines is 1. The summed E-state index contributed by atoms with van der Waals surface area (Å²) in [6.45, 7) is 9.57. The molecule has 1 saturated heterocycles. The average Bonchev–Trinajstić information content (AvgIpc) is 3.15. The van der Waals surface area contributed by atoms with E-state index in [9.17, 15) is 13.2 Å². The maximum absolute atomic E-state index is 12.5. The van der Waals surface area contributed by atoms with Gasteiger partial charge >= 0.3 is 0 Å². The lowest BCUT2D eigenvalue weighted by Crippen LogP contribution is -2.51. The minimum atomic E-state index is -3.27. The van der Waals surface area contributed by atoms with Crippen molar-refractivity contribution in [2.45, 2.75) is 83.1 Å². The Labute approximate surface area is 206 Å². The van der Waals surface area contributed by atoms with Gasteiger partial charge in [0, 0.05) is 35.6 Å². The molecular weight excluding hydrogens is 446 g/mol. The molecule has 1 aromatic carbocycles. The Morgan fingerprint density at radius 2 is 1.82 bits per heavy atom. The predicted molar refractivity (Wildman–Crippen MR) is 138 cm³/mol. The van der Waals surface area contributed by atoms with Crippen LogP contribution in [0.5, 0.6) is 0 Å². The smallest absolute Gasteiger partial charge is 0.229 e. The van der Waals surface area contributed by atoms with Crippen molar-refractivity contribution in [1.82, 2.24) is 10.2 Å². The van der Waals surface area contributed by atoms with Crippen molar-refractivity contribution in [3.8, 4) is 0 Å². The Bertz CT molecular complexity index is 973. The van der Waals surface area contributed by atoms with Gasteiger partial charge in [-0.05, 0) is 68.2 Å². The van der Waals surface area contributed by atoms with Gasteiger partial charge in [0.05, 0.1) is 6.26 Å². The van der Waals surface area contributed by atoms with E-state index in [1.54, 1.807) is 0 Å². The summed E-state index contributed by atoms with van der Waals surface area (Å²) >= 11 is 0. The molecule has 6 nitrogen and oxygen atoms in total. The van der Waals surface area contributed by atoms with E-state index in [0.29, 0.717) is 17.5 Å². The Morgan fingerprint density at radius 1 is 1.15 bits per heavy atom. The molecule has 2 saturated carbocycles. The minimum Gasteiger partial charge on any atom is -0.350 e. The lowest BCUT2D eigenvalue weighted by molar-refractivity contribution is -0.126. The zero-order valence-corrected chi connectivity index (χ0v) is 22.2. The molecule has 7 heteroatoms. The molecule has 4 rings (SSSR count). The first-order chi connectivity index (χ1) is 16.1. The second-order valence-electron chi connectivity index (χ2n) is 11.4. The van der Waals surface area contributed by atoms with Crippen LogP contribution >= 0.6 is 0 Å². The molecule has 1 aliphatic heterocycles. The van der Waals surface area contributed by atoms with Gasteiger partial charge in [0.15, 0.2) is 0 Å². The second-order valence-corrected chi connectivity index (χ2v) is 13.2. The number of nitrogens with one attached hydrogen (secondary N) is 2. The lowest BCUT2D eigenvalue weighted by atomic mass is 9.78. The molecule has 2 aliphatic carbocycles. The Balaban J connectivity index is 1.33. The monoisotopic (exact) mass is 489 g/mol. The zero-order chi connectivity index (χ0) is 24.6. The summed E-state index contributed by atoms with van der Waals surface area (Å²) in [7, 11) is -3.27. The van der Waals surface area contributed by atoms with Gasteiger partial charge in [-0.25, -0.2) is 8.42 Å². The number of amides is 1. The molecule has 3 aliphatic rings. The molecule has 2 unspecified atom stereocenters. The highest BCUT2D eigenvalue weighted by Gasteiger charge is 2.67. The van der Waals surface area contributed by atoms with Crippen molar-refractivity contribution >= 4 is 21.6 Å². The van der Waals surface area contributed by atoms with E-state index in [-0.39, 0.29) is 22.8 Å². The first-order valence-corrected chi connectivity index (χ1v) is 15.1. The topological polar surface area (TPSA) is 78.5 Å². The molecule has 0 spiro atoms. The molecule has 3 fully saturated rings. The number of fused-ring (bicyclic) bond motifs is 1. The fraction of sp³-hybridized carbons (Fsp3) is 0.741. The zero-order valence-electron chi connectivity index (χ0n) is 21.4. The predicted octanol–water partition coefficient (Wildman–Crippen LogP) is 4.52. The molecule has 0 radical (unpaired) electrons. The molecule has 1 amide bonds. The SMILES string of the molecule is CCC1(c2cccc(NS(C)(=O)=O)c2)C2CN(CCCC3(NC(=O)C(C)C)CCCCC3)CC21. The second kappa shape index (κ2) is 9.81. The van der Waals surface area contributed by atoms with Gasteiger partial charge in [0.1, 0.15) is 0 Å². The van der Waals surface area contributed by atoms with Crippen molar-refractivity contribution in [2.24, 2.45) is 17.8 Å². The third-order valence-corrected chi connectivity index (χ3v) is 9.36. The van der Waals surface area contributed by atoms with Crippen LogP contribution in [0.25, 0.3) is 0 Å². The minimum absolute atomic E-state index is 0.00246. The van der Waals surface area contributed by atoms with Crippen LogP contribution in [0, 0.1) is 17.8 Å². The average molecular weight is 490 g/mol. The van der Waals surface area contributed by atoms with Crippen molar-refractivity contribution in [1.29, 1.82) is 0 Å². The Kier molecular flexibility index (Phi) is 7.35. The molecule has 0 bridgehead atoms. The van der Waals surface area contributed by atoms with Gasteiger partial charge in [-0.2, -0.15) is 0 Å².